The summed E-state index contributed by atoms with van der Waals surface area (Å²) in [5.74, 6) is 4.91. The van der Waals surface area contributed by atoms with Crippen LogP contribution in [-0.2, 0) is 10.0 Å². The maximum atomic E-state index is 13.1. The highest BCUT2D eigenvalue weighted by Crippen LogP contribution is 2.28. The Bertz CT molecular complexity index is 1480. The van der Waals surface area contributed by atoms with Crippen molar-refractivity contribution in [1.82, 2.24) is 4.98 Å². The summed E-state index contributed by atoms with van der Waals surface area (Å²) in [6, 6.07) is 24.1. The zero-order chi connectivity index (χ0) is 24.1. The van der Waals surface area contributed by atoms with E-state index in [9.17, 15) is 13.2 Å². The van der Waals surface area contributed by atoms with E-state index in [0.29, 0.717) is 28.1 Å². The molecule has 0 saturated heterocycles. The van der Waals surface area contributed by atoms with E-state index >= 15 is 0 Å². The van der Waals surface area contributed by atoms with E-state index in [0.717, 1.165) is 11.1 Å². The van der Waals surface area contributed by atoms with Crippen LogP contribution in [0.5, 0.6) is 0 Å². The van der Waals surface area contributed by atoms with E-state index in [-0.39, 0.29) is 10.8 Å². The lowest BCUT2D eigenvalue weighted by molar-refractivity contribution is 0.102. The van der Waals surface area contributed by atoms with Crippen LogP contribution in [0.2, 0.25) is 0 Å². The van der Waals surface area contributed by atoms with Crippen molar-refractivity contribution in [2.45, 2.75) is 4.90 Å². The van der Waals surface area contributed by atoms with Gasteiger partial charge in [0, 0.05) is 23.0 Å². The molecule has 9 heteroatoms. The zero-order valence-corrected chi connectivity index (χ0v) is 18.7. The van der Waals surface area contributed by atoms with Gasteiger partial charge in [-0.25, -0.2) is 13.6 Å². The molecular formula is C25H21N5O3S. The minimum Gasteiger partial charge on any atom is -0.323 e. The number of hydrazone groups is 1. The Kier molecular flexibility index (Phi) is 6.48. The maximum absolute atomic E-state index is 13.1. The van der Waals surface area contributed by atoms with Crippen LogP contribution in [0.25, 0.3) is 22.4 Å². The van der Waals surface area contributed by atoms with Gasteiger partial charge in [-0.05, 0) is 47.5 Å². The minimum absolute atomic E-state index is 0.0358. The van der Waals surface area contributed by atoms with Gasteiger partial charge >= 0.3 is 0 Å². The fourth-order valence-electron chi connectivity index (χ4n) is 3.56. The fraction of sp³-hybridized carbons (Fsp3) is 0. The lowest BCUT2D eigenvalue weighted by Gasteiger charge is -2.11. The highest BCUT2D eigenvalue weighted by Gasteiger charge is 2.16. The average Bonchev–Trinajstić information content (AvgIpc) is 2.84. The van der Waals surface area contributed by atoms with E-state index in [1.807, 2.05) is 24.3 Å². The molecule has 8 nitrogen and oxygen atoms in total. The van der Waals surface area contributed by atoms with Gasteiger partial charge < -0.3 is 11.2 Å². The Morgan fingerprint density at radius 3 is 2.41 bits per heavy atom. The van der Waals surface area contributed by atoms with E-state index in [1.54, 1.807) is 60.8 Å². The normalized spacial score (nSPS) is 11.4. The number of anilines is 1. The molecule has 3 aromatic carbocycles. The molecule has 0 spiro atoms. The molecule has 1 heterocycles. The van der Waals surface area contributed by atoms with Gasteiger partial charge in [-0.15, -0.1) is 0 Å². The van der Waals surface area contributed by atoms with Gasteiger partial charge in [-0.2, -0.15) is 5.10 Å². The van der Waals surface area contributed by atoms with Crippen molar-refractivity contribution < 1.29 is 13.2 Å². The van der Waals surface area contributed by atoms with Gasteiger partial charge in [-0.3, -0.25) is 9.78 Å². The number of primary sulfonamides is 1. The first-order valence-corrected chi connectivity index (χ1v) is 11.7. The Balaban J connectivity index is 1.60. The number of sulfonamides is 1. The molecule has 0 atom stereocenters. The van der Waals surface area contributed by atoms with Gasteiger partial charge in [0.25, 0.3) is 5.91 Å². The first-order chi connectivity index (χ1) is 16.4. The summed E-state index contributed by atoms with van der Waals surface area (Å²) in [7, 11) is -3.88. The van der Waals surface area contributed by atoms with Crippen molar-refractivity contribution in [3.8, 4) is 22.4 Å². The molecule has 0 fully saturated rings. The maximum Gasteiger partial charge on any atom is 0.257 e. The monoisotopic (exact) mass is 471 g/mol. The quantitative estimate of drug-likeness (QED) is 0.224. The summed E-state index contributed by atoms with van der Waals surface area (Å²) in [6.07, 6.45) is 3.13. The molecule has 0 aliphatic heterocycles. The van der Waals surface area contributed by atoms with E-state index in [4.69, 9.17) is 11.0 Å². The number of hydrogen-bond acceptors (Lipinski definition) is 6. The zero-order valence-electron chi connectivity index (χ0n) is 17.9. The number of carbonyl (C=O) groups is 1. The number of hydrogen-bond donors (Lipinski definition) is 3. The number of nitrogens with one attached hydrogen (secondary N) is 1. The number of nitrogens with two attached hydrogens (primary N) is 2. The molecular weight excluding hydrogens is 450 g/mol. The second-order valence-corrected chi connectivity index (χ2v) is 8.91. The predicted octanol–water partition coefficient (Wildman–Crippen LogP) is 3.61. The van der Waals surface area contributed by atoms with Crippen molar-refractivity contribution in [2.24, 2.45) is 16.1 Å². The third kappa shape index (κ3) is 5.01. The third-order valence-electron chi connectivity index (χ3n) is 5.08. The minimum atomic E-state index is -3.88. The number of benzene rings is 3. The van der Waals surface area contributed by atoms with E-state index < -0.39 is 10.0 Å². The second kappa shape index (κ2) is 9.65. The fourth-order valence-corrected chi connectivity index (χ4v) is 4.32. The Hall–Kier alpha value is -4.34. The Morgan fingerprint density at radius 2 is 1.68 bits per heavy atom. The van der Waals surface area contributed by atoms with Crippen molar-refractivity contribution in [2.75, 3.05) is 5.32 Å². The molecule has 4 rings (SSSR count). The van der Waals surface area contributed by atoms with Gasteiger partial charge in [0.1, 0.15) is 0 Å². The predicted molar refractivity (Wildman–Crippen MR) is 133 cm³/mol. The van der Waals surface area contributed by atoms with E-state index in [2.05, 4.69) is 15.4 Å². The van der Waals surface area contributed by atoms with Crippen LogP contribution in [0.15, 0.2) is 101 Å². The molecule has 5 N–H and O–H groups in total. The molecule has 34 heavy (non-hydrogen) atoms. The highest BCUT2D eigenvalue weighted by molar-refractivity contribution is 7.89. The molecule has 4 aromatic rings. The van der Waals surface area contributed by atoms with Gasteiger partial charge in [0.2, 0.25) is 10.0 Å². The Labute approximate surface area is 197 Å². The van der Waals surface area contributed by atoms with Crippen LogP contribution in [0.3, 0.4) is 0 Å². The van der Waals surface area contributed by atoms with Crippen LogP contribution in [0.4, 0.5) is 5.69 Å². The number of pyridine rings is 1. The Morgan fingerprint density at radius 1 is 0.912 bits per heavy atom. The van der Waals surface area contributed by atoms with Crippen LogP contribution in [-0.4, -0.2) is 25.5 Å². The van der Waals surface area contributed by atoms with Crippen molar-refractivity contribution >= 4 is 27.8 Å². The van der Waals surface area contributed by atoms with Crippen LogP contribution in [0.1, 0.15) is 15.9 Å². The van der Waals surface area contributed by atoms with Crippen LogP contribution >= 0.6 is 0 Å². The number of amides is 1. The molecule has 170 valence electrons. The number of carbonyl (C=O) groups excluding carboxylic acids is 1. The first-order valence-electron chi connectivity index (χ1n) is 10.2. The summed E-state index contributed by atoms with van der Waals surface area (Å²) in [4.78, 5) is 17.5. The first kappa shape index (κ1) is 22.8. The molecule has 0 saturated carbocycles. The number of nitrogens with zero attached hydrogens (tertiary/aromatic N) is 2. The van der Waals surface area contributed by atoms with Crippen LogP contribution in [0, 0.1) is 0 Å². The second-order valence-electron chi connectivity index (χ2n) is 7.38. The largest absolute Gasteiger partial charge is 0.323 e. The topological polar surface area (TPSA) is 141 Å². The molecule has 1 aromatic heterocycles. The molecule has 0 bridgehead atoms. The number of rotatable bonds is 6. The third-order valence-corrected chi connectivity index (χ3v) is 6.05. The van der Waals surface area contributed by atoms with Crippen LogP contribution < -0.4 is 16.3 Å². The lowest BCUT2D eigenvalue weighted by atomic mass is 10.0. The molecule has 0 radical (unpaired) electrons. The summed E-state index contributed by atoms with van der Waals surface area (Å²) in [6.45, 7) is 0. The standard InChI is InChI=1S/C25H21N5O3S/c26-29-16-17-5-3-6-19(15-17)24-22(8-4-14-28-24)25(31)30-20-12-10-18(11-13-20)21-7-1-2-9-23(21)34(27,32)33/h1-16H,26H2,(H,30,31)(H2,27,32,33). The van der Waals surface area contributed by atoms with Gasteiger partial charge in [0.05, 0.1) is 22.4 Å². The van der Waals surface area contributed by atoms with Gasteiger partial charge in [0.15, 0.2) is 0 Å². The average molecular weight is 472 g/mol. The van der Waals surface area contributed by atoms with Crippen molar-refractivity contribution in [3.05, 3.63) is 102 Å². The summed E-state index contributed by atoms with van der Waals surface area (Å²) >= 11 is 0. The highest BCUT2D eigenvalue weighted by atomic mass is 32.2. The van der Waals surface area contributed by atoms with Gasteiger partial charge in [-0.1, -0.05) is 48.5 Å². The number of aromatic nitrogens is 1. The summed E-state index contributed by atoms with van der Waals surface area (Å²) in [5.41, 5.74) is 4.13. The molecule has 0 aliphatic rings. The van der Waals surface area contributed by atoms with E-state index in [1.165, 1.54) is 12.3 Å². The van der Waals surface area contributed by atoms with Crippen molar-refractivity contribution in [3.63, 3.8) is 0 Å². The SMILES string of the molecule is NN=Cc1cccc(-c2ncccc2C(=O)Nc2ccc(-c3ccccc3S(N)(=O)=O)cc2)c1. The summed E-state index contributed by atoms with van der Waals surface area (Å²) in [5, 5.41) is 11.7. The molecule has 1 amide bonds. The summed E-state index contributed by atoms with van der Waals surface area (Å²) < 4.78 is 23.8. The molecule has 0 unspecified atom stereocenters. The molecule has 0 aliphatic carbocycles. The lowest BCUT2D eigenvalue weighted by Crippen LogP contribution is -2.14. The smallest absolute Gasteiger partial charge is 0.257 e. The van der Waals surface area contributed by atoms with Crippen molar-refractivity contribution in [1.29, 1.82) is 0 Å².